The lowest BCUT2D eigenvalue weighted by atomic mass is 9.58. The van der Waals surface area contributed by atoms with E-state index in [-0.39, 0.29) is 6.04 Å². The standard InChI is InChI=1S/C27H34N2O6/c1-7-16-15-28-13-12-26-17-10-8-9-11-19(17)29(24(32)35-25(2,3)4)27(16,26)20(28)14-18(26)21(22(30)33-5)23(31)34-6/h7-11,18,20-21H,12-15H2,1-6H3/b16-7+/t18-,20+,26+,27-/m1/s1. The summed E-state index contributed by atoms with van der Waals surface area (Å²) < 4.78 is 16.2. The number of fused-ring (bicyclic) bond motifs is 1. The van der Waals surface area contributed by atoms with Crippen LogP contribution < -0.4 is 4.90 Å². The minimum absolute atomic E-state index is 0.0656. The Hall–Kier alpha value is -2.87. The molecule has 3 fully saturated rings. The zero-order valence-corrected chi connectivity index (χ0v) is 21.3. The van der Waals surface area contributed by atoms with Gasteiger partial charge in [-0.1, -0.05) is 24.3 Å². The maximum absolute atomic E-state index is 14.0. The number of anilines is 1. The van der Waals surface area contributed by atoms with Crippen molar-refractivity contribution in [3.63, 3.8) is 0 Å². The summed E-state index contributed by atoms with van der Waals surface area (Å²) >= 11 is 0. The highest BCUT2D eigenvalue weighted by Gasteiger charge is 2.81. The number of carbonyl (C=O) groups is 3. The molecule has 1 aromatic rings. The third-order valence-electron chi connectivity index (χ3n) is 8.59. The largest absolute Gasteiger partial charge is 0.468 e. The van der Waals surface area contributed by atoms with Gasteiger partial charge in [0.25, 0.3) is 0 Å². The number of para-hydroxylation sites is 1. The van der Waals surface area contributed by atoms with Crippen molar-refractivity contribution in [2.24, 2.45) is 11.8 Å². The van der Waals surface area contributed by atoms with Crippen molar-refractivity contribution in [2.45, 2.75) is 63.1 Å². The van der Waals surface area contributed by atoms with Crippen molar-refractivity contribution in [3.8, 4) is 0 Å². The fraction of sp³-hybridized carbons (Fsp3) is 0.593. The lowest BCUT2D eigenvalue weighted by Gasteiger charge is -2.51. The molecule has 2 saturated heterocycles. The maximum Gasteiger partial charge on any atom is 0.415 e. The van der Waals surface area contributed by atoms with Crippen LogP contribution in [0.1, 0.15) is 46.1 Å². The van der Waals surface area contributed by atoms with Gasteiger partial charge in [-0.15, -0.1) is 0 Å². The Bertz CT molecular complexity index is 1110. The van der Waals surface area contributed by atoms with E-state index >= 15 is 0 Å². The van der Waals surface area contributed by atoms with Gasteiger partial charge in [-0.2, -0.15) is 0 Å². The Morgan fingerprint density at radius 1 is 1.11 bits per heavy atom. The van der Waals surface area contributed by atoms with Crippen molar-refractivity contribution in [1.29, 1.82) is 0 Å². The number of ether oxygens (including phenoxy) is 3. The van der Waals surface area contributed by atoms with E-state index in [0.29, 0.717) is 12.8 Å². The average molecular weight is 483 g/mol. The van der Waals surface area contributed by atoms with Gasteiger partial charge in [0.15, 0.2) is 5.92 Å². The molecule has 1 saturated carbocycles. The van der Waals surface area contributed by atoms with Gasteiger partial charge < -0.3 is 14.2 Å². The molecule has 1 spiro atoms. The third kappa shape index (κ3) is 2.86. The summed E-state index contributed by atoms with van der Waals surface area (Å²) in [5.74, 6) is -2.68. The van der Waals surface area contributed by atoms with Gasteiger partial charge in [0.1, 0.15) is 5.60 Å². The van der Waals surface area contributed by atoms with Crippen LogP contribution >= 0.6 is 0 Å². The van der Waals surface area contributed by atoms with Gasteiger partial charge in [0, 0.05) is 18.0 Å². The first kappa shape index (κ1) is 23.9. The predicted octanol–water partition coefficient (Wildman–Crippen LogP) is 3.43. The van der Waals surface area contributed by atoms with Crippen LogP contribution in [0.4, 0.5) is 10.5 Å². The van der Waals surface area contributed by atoms with Crippen LogP contribution in [-0.4, -0.2) is 67.4 Å². The molecule has 1 aromatic carbocycles. The summed E-state index contributed by atoms with van der Waals surface area (Å²) in [4.78, 5) is 44.4. The molecule has 8 heteroatoms. The molecule has 8 nitrogen and oxygen atoms in total. The zero-order chi connectivity index (χ0) is 25.3. The van der Waals surface area contributed by atoms with E-state index in [1.807, 2.05) is 56.9 Å². The fourth-order valence-electron chi connectivity index (χ4n) is 7.71. The van der Waals surface area contributed by atoms with Crippen LogP contribution in [0.5, 0.6) is 0 Å². The predicted molar refractivity (Wildman–Crippen MR) is 129 cm³/mol. The molecule has 3 heterocycles. The Morgan fingerprint density at radius 3 is 2.37 bits per heavy atom. The van der Waals surface area contributed by atoms with Crippen LogP contribution in [0.15, 0.2) is 35.9 Å². The van der Waals surface area contributed by atoms with E-state index in [1.165, 1.54) is 14.2 Å². The van der Waals surface area contributed by atoms with Crippen molar-refractivity contribution < 1.29 is 28.6 Å². The number of piperidine rings is 1. The topological polar surface area (TPSA) is 85.4 Å². The van der Waals surface area contributed by atoms with Crippen LogP contribution in [0, 0.1) is 11.8 Å². The molecular formula is C27H34N2O6. The van der Waals surface area contributed by atoms with Gasteiger partial charge in [0.05, 0.1) is 25.4 Å². The second kappa shape index (κ2) is 7.82. The molecule has 5 rings (SSSR count). The van der Waals surface area contributed by atoms with Crippen molar-refractivity contribution in [1.82, 2.24) is 4.90 Å². The zero-order valence-electron chi connectivity index (χ0n) is 21.3. The van der Waals surface area contributed by atoms with Crippen LogP contribution in [0.25, 0.3) is 0 Å². The van der Waals surface area contributed by atoms with Crippen molar-refractivity contribution >= 4 is 23.7 Å². The molecule has 1 unspecified atom stereocenters. The van der Waals surface area contributed by atoms with E-state index in [2.05, 4.69) is 11.0 Å². The minimum atomic E-state index is -1.09. The molecule has 188 valence electrons. The van der Waals surface area contributed by atoms with Crippen LogP contribution in [0.3, 0.4) is 0 Å². The molecular weight excluding hydrogens is 448 g/mol. The van der Waals surface area contributed by atoms with Gasteiger partial charge in [-0.05, 0) is 70.2 Å². The smallest absolute Gasteiger partial charge is 0.415 e. The first-order chi connectivity index (χ1) is 16.6. The quantitative estimate of drug-likeness (QED) is 0.282. The molecule has 1 aliphatic carbocycles. The lowest BCUT2D eigenvalue weighted by Crippen LogP contribution is -2.67. The number of esters is 2. The van der Waals surface area contributed by atoms with E-state index < -0.39 is 46.4 Å². The second-order valence-corrected chi connectivity index (χ2v) is 11.0. The average Bonchev–Trinajstić information content (AvgIpc) is 3.27. The maximum atomic E-state index is 14.0. The van der Waals surface area contributed by atoms with Gasteiger partial charge >= 0.3 is 18.0 Å². The fourth-order valence-corrected chi connectivity index (χ4v) is 7.71. The van der Waals surface area contributed by atoms with Crippen molar-refractivity contribution in [3.05, 3.63) is 41.5 Å². The molecule has 4 aliphatic rings. The lowest BCUT2D eigenvalue weighted by molar-refractivity contribution is -0.163. The summed E-state index contributed by atoms with van der Waals surface area (Å²) in [6.45, 7) is 9.14. The van der Waals surface area contributed by atoms with Crippen molar-refractivity contribution in [2.75, 3.05) is 32.2 Å². The Morgan fingerprint density at radius 2 is 1.77 bits per heavy atom. The second-order valence-electron chi connectivity index (χ2n) is 11.0. The monoisotopic (exact) mass is 482 g/mol. The van der Waals surface area contributed by atoms with Gasteiger partial charge in [-0.3, -0.25) is 19.4 Å². The SMILES string of the molecule is C/C=C1\CN2CC[C@@]34c5ccccc5N(C(=O)OC(C)(C)C)[C@@]13[C@@H]2C[C@@H]4C(C(=O)OC)C(=O)OC. The summed E-state index contributed by atoms with van der Waals surface area (Å²) in [6, 6.07) is 7.82. The van der Waals surface area contributed by atoms with Gasteiger partial charge in [0.2, 0.25) is 0 Å². The molecule has 1 amide bonds. The first-order valence-electron chi connectivity index (χ1n) is 12.3. The minimum Gasteiger partial charge on any atom is -0.468 e. The summed E-state index contributed by atoms with van der Waals surface area (Å²) in [6.07, 6.45) is 2.96. The Kier molecular flexibility index (Phi) is 5.33. The molecule has 0 aromatic heterocycles. The number of hydrogen-bond donors (Lipinski definition) is 0. The number of allylic oxidation sites excluding steroid dienone is 1. The van der Waals surface area contributed by atoms with E-state index in [9.17, 15) is 14.4 Å². The molecule has 3 aliphatic heterocycles. The van der Waals surface area contributed by atoms with E-state index in [4.69, 9.17) is 14.2 Å². The number of rotatable bonds is 3. The van der Waals surface area contributed by atoms with Crippen LogP contribution in [-0.2, 0) is 29.2 Å². The normalized spacial score (nSPS) is 33.5. The molecule has 4 bridgehead atoms. The number of nitrogens with zero attached hydrogens (tertiary/aromatic N) is 2. The van der Waals surface area contributed by atoms with Gasteiger partial charge in [-0.25, -0.2) is 4.79 Å². The summed E-state index contributed by atoms with van der Waals surface area (Å²) in [7, 11) is 2.60. The number of benzene rings is 1. The molecule has 0 radical (unpaired) electrons. The first-order valence-corrected chi connectivity index (χ1v) is 12.3. The summed E-state index contributed by atoms with van der Waals surface area (Å²) in [5.41, 5.74) is 0.799. The molecule has 0 N–H and O–H groups in total. The highest BCUT2D eigenvalue weighted by atomic mass is 16.6. The number of carbonyl (C=O) groups excluding carboxylic acids is 3. The number of methoxy groups -OCH3 is 2. The Balaban J connectivity index is 1.81. The van der Waals surface area contributed by atoms with E-state index in [0.717, 1.165) is 29.9 Å². The molecule has 5 atom stereocenters. The molecule has 35 heavy (non-hydrogen) atoms. The number of amides is 1. The van der Waals surface area contributed by atoms with Crippen LogP contribution in [0.2, 0.25) is 0 Å². The Labute approximate surface area is 206 Å². The highest BCUT2D eigenvalue weighted by molar-refractivity contribution is 5.99. The highest BCUT2D eigenvalue weighted by Crippen LogP contribution is 2.73. The summed E-state index contributed by atoms with van der Waals surface area (Å²) in [5, 5.41) is 0. The third-order valence-corrected chi connectivity index (χ3v) is 8.59. The van der Waals surface area contributed by atoms with E-state index in [1.54, 1.807) is 0 Å². The number of hydrogen-bond acceptors (Lipinski definition) is 7.